The SMILES string of the molecule is CCOC(=O)Cc1csc(NC(=O)C2CNNC2c2ccccc2)n1. The van der Waals surface area contributed by atoms with Crippen molar-refractivity contribution in [2.24, 2.45) is 5.92 Å². The number of hydrogen-bond donors (Lipinski definition) is 3. The van der Waals surface area contributed by atoms with Crippen LogP contribution in [0.25, 0.3) is 0 Å². The lowest BCUT2D eigenvalue weighted by Crippen LogP contribution is -2.29. The van der Waals surface area contributed by atoms with E-state index in [1.807, 2.05) is 30.3 Å². The van der Waals surface area contributed by atoms with Gasteiger partial charge in [0.2, 0.25) is 5.91 Å². The first-order chi connectivity index (χ1) is 12.2. The quantitative estimate of drug-likeness (QED) is 0.679. The number of carbonyl (C=O) groups is 2. The van der Waals surface area contributed by atoms with Gasteiger partial charge >= 0.3 is 5.97 Å². The van der Waals surface area contributed by atoms with Gasteiger partial charge in [-0.05, 0) is 12.5 Å². The van der Waals surface area contributed by atoms with Crippen LogP contribution in [-0.4, -0.2) is 30.0 Å². The Hall–Kier alpha value is -2.29. The molecule has 1 aromatic heterocycles. The lowest BCUT2D eigenvalue weighted by atomic mass is 9.94. The lowest BCUT2D eigenvalue weighted by Gasteiger charge is -2.17. The molecular weight excluding hydrogens is 340 g/mol. The second kappa shape index (κ2) is 8.19. The molecule has 7 nitrogen and oxygen atoms in total. The van der Waals surface area contributed by atoms with Crippen molar-refractivity contribution < 1.29 is 14.3 Å². The molecule has 2 heterocycles. The first-order valence-electron chi connectivity index (χ1n) is 8.11. The van der Waals surface area contributed by atoms with Crippen molar-refractivity contribution in [3.63, 3.8) is 0 Å². The molecule has 2 unspecified atom stereocenters. The van der Waals surface area contributed by atoms with Crippen LogP contribution in [0.15, 0.2) is 35.7 Å². The molecule has 1 aliphatic heterocycles. The standard InChI is InChI=1S/C17H20N4O3S/c1-2-24-14(22)8-12-10-25-17(19-12)20-16(23)13-9-18-21-15(13)11-6-4-3-5-7-11/h3-7,10,13,15,18,21H,2,8-9H2,1H3,(H,19,20,23). The van der Waals surface area contributed by atoms with Crippen LogP contribution < -0.4 is 16.2 Å². The Balaban J connectivity index is 1.62. The predicted molar refractivity (Wildman–Crippen MR) is 94.9 cm³/mol. The third-order valence-electron chi connectivity index (χ3n) is 3.89. The fourth-order valence-electron chi connectivity index (χ4n) is 2.72. The van der Waals surface area contributed by atoms with Gasteiger partial charge in [-0.25, -0.2) is 10.4 Å². The number of nitrogens with one attached hydrogen (secondary N) is 3. The van der Waals surface area contributed by atoms with E-state index < -0.39 is 0 Å². The van der Waals surface area contributed by atoms with Gasteiger partial charge in [-0.1, -0.05) is 30.3 Å². The monoisotopic (exact) mass is 360 g/mol. The van der Waals surface area contributed by atoms with E-state index in [0.717, 1.165) is 5.56 Å². The van der Waals surface area contributed by atoms with Gasteiger partial charge in [-0.3, -0.25) is 15.0 Å². The number of carbonyl (C=O) groups excluding carboxylic acids is 2. The van der Waals surface area contributed by atoms with Gasteiger partial charge < -0.3 is 10.1 Å². The zero-order valence-electron chi connectivity index (χ0n) is 13.8. The van der Waals surface area contributed by atoms with Gasteiger partial charge in [-0.15, -0.1) is 11.3 Å². The second-order valence-electron chi connectivity index (χ2n) is 5.64. The number of ether oxygens (including phenoxy) is 1. The Bertz CT molecular complexity index is 735. The molecule has 0 aliphatic carbocycles. The first-order valence-corrected chi connectivity index (χ1v) is 8.99. The van der Waals surface area contributed by atoms with Gasteiger partial charge in [0, 0.05) is 11.9 Å². The largest absolute Gasteiger partial charge is 0.466 e. The maximum atomic E-state index is 12.6. The minimum absolute atomic E-state index is 0.0971. The number of amides is 1. The van der Waals surface area contributed by atoms with Gasteiger partial charge in [0.05, 0.1) is 30.7 Å². The van der Waals surface area contributed by atoms with Crippen LogP contribution in [0.5, 0.6) is 0 Å². The summed E-state index contributed by atoms with van der Waals surface area (Å²) in [5, 5.41) is 5.09. The fourth-order valence-corrected chi connectivity index (χ4v) is 3.43. The van der Waals surface area contributed by atoms with Crippen molar-refractivity contribution in [2.45, 2.75) is 19.4 Å². The molecular formula is C17H20N4O3S. The van der Waals surface area contributed by atoms with Crippen LogP contribution in [0, 0.1) is 5.92 Å². The number of nitrogens with zero attached hydrogens (tertiary/aromatic N) is 1. The molecule has 8 heteroatoms. The first kappa shape index (κ1) is 17.5. The van der Waals surface area contributed by atoms with E-state index in [0.29, 0.717) is 24.0 Å². The van der Waals surface area contributed by atoms with E-state index in [-0.39, 0.29) is 30.3 Å². The summed E-state index contributed by atoms with van der Waals surface area (Å²) in [5.74, 6) is -0.679. The lowest BCUT2D eigenvalue weighted by molar-refractivity contribution is -0.142. The molecule has 0 bridgehead atoms. The zero-order valence-corrected chi connectivity index (χ0v) is 14.6. The second-order valence-corrected chi connectivity index (χ2v) is 6.49. The molecule has 1 saturated heterocycles. The van der Waals surface area contributed by atoms with E-state index in [1.165, 1.54) is 11.3 Å². The van der Waals surface area contributed by atoms with Crippen molar-refractivity contribution in [1.29, 1.82) is 0 Å². The Morgan fingerprint density at radius 2 is 2.16 bits per heavy atom. The van der Waals surface area contributed by atoms with E-state index in [2.05, 4.69) is 21.2 Å². The molecule has 3 N–H and O–H groups in total. The van der Waals surface area contributed by atoms with Crippen LogP contribution in [0.4, 0.5) is 5.13 Å². The van der Waals surface area contributed by atoms with E-state index >= 15 is 0 Å². The summed E-state index contributed by atoms with van der Waals surface area (Å²) in [6, 6.07) is 9.74. The molecule has 1 fully saturated rings. The van der Waals surface area contributed by atoms with Crippen LogP contribution in [-0.2, 0) is 20.7 Å². The van der Waals surface area contributed by atoms with Gasteiger partial charge in [0.1, 0.15) is 0 Å². The maximum absolute atomic E-state index is 12.6. The van der Waals surface area contributed by atoms with E-state index in [4.69, 9.17) is 4.74 Å². The van der Waals surface area contributed by atoms with Crippen LogP contribution in [0.3, 0.4) is 0 Å². The number of benzene rings is 1. The summed E-state index contributed by atoms with van der Waals surface area (Å²) in [6.07, 6.45) is 0.111. The summed E-state index contributed by atoms with van der Waals surface area (Å²) < 4.78 is 4.90. The summed E-state index contributed by atoms with van der Waals surface area (Å²) in [4.78, 5) is 28.4. The molecule has 1 aromatic carbocycles. The molecule has 3 rings (SSSR count). The highest BCUT2D eigenvalue weighted by molar-refractivity contribution is 7.13. The minimum atomic E-state index is -0.320. The normalized spacial score (nSPS) is 19.6. The average Bonchev–Trinajstić information content (AvgIpc) is 3.25. The molecule has 0 radical (unpaired) electrons. The Kier molecular flexibility index (Phi) is 5.75. The smallest absolute Gasteiger partial charge is 0.311 e. The topological polar surface area (TPSA) is 92.3 Å². The molecule has 0 spiro atoms. The molecule has 2 atom stereocenters. The van der Waals surface area contributed by atoms with Crippen molar-refractivity contribution >= 4 is 28.3 Å². The van der Waals surface area contributed by atoms with Gasteiger partial charge in [-0.2, -0.15) is 0 Å². The molecule has 25 heavy (non-hydrogen) atoms. The van der Waals surface area contributed by atoms with Gasteiger partial charge in [0.15, 0.2) is 5.13 Å². The fraction of sp³-hybridized carbons (Fsp3) is 0.353. The van der Waals surface area contributed by atoms with Crippen molar-refractivity contribution in [2.75, 3.05) is 18.5 Å². The Labute approximate surface area is 149 Å². The number of thiazole rings is 1. The number of aromatic nitrogens is 1. The van der Waals surface area contributed by atoms with Crippen molar-refractivity contribution in [3.05, 3.63) is 47.0 Å². The van der Waals surface area contributed by atoms with Crippen LogP contribution in [0.2, 0.25) is 0 Å². The summed E-state index contributed by atoms with van der Waals surface area (Å²) in [5.41, 5.74) is 7.84. The summed E-state index contributed by atoms with van der Waals surface area (Å²) in [6.45, 7) is 2.64. The highest BCUT2D eigenvalue weighted by Gasteiger charge is 2.34. The van der Waals surface area contributed by atoms with Gasteiger partial charge in [0.25, 0.3) is 0 Å². The van der Waals surface area contributed by atoms with Crippen molar-refractivity contribution in [3.8, 4) is 0 Å². The number of hydrazine groups is 1. The number of rotatable bonds is 6. The molecule has 1 aliphatic rings. The molecule has 0 saturated carbocycles. The van der Waals surface area contributed by atoms with Crippen molar-refractivity contribution in [1.82, 2.24) is 15.8 Å². The molecule has 1 amide bonds. The summed E-state index contributed by atoms with van der Waals surface area (Å²) in [7, 11) is 0. The third kappa shape index (κ3) is 4.41. The number of anilines is 1. The average molecular weight is 360 g/mol. The number of esters is 1. The Morgan fingerprint density at radius 1 is 1.36 bits per heavy atom. The predicted octanol–water partition coefficient (Wildman–Crippen LogP) is 1.65. The Morgan fingerprint density at radius 3 is 2.92 bits per heavy atom. The highest BCUT2D eigenvalue weighted by atomic mass is 32.1. The third-order valence-corrected chi connectivity index (χ3v) is 4.70. The van der Waals surface area contributed by atoms with Crippen LogP contribution in [0.1, 0.15) is 24.2 Å². The minimum Gasteiger partial charge on any atom is -0.466 e. The zero-order chi connectivity index (χ0) is 17.6. The number of hydrogen-bond acceptors (Lipinski definition) is 7. The highest BCUT2D eigenvalue weighted by Crippen LogP contribution is 2.26. The summed E-state index contributed by atoms with van der Waals surface area (Å²) >= 11 is 1.30. The van der Waals surface area contributed by atoms with Crippen LogP contribution >= 0.6 is 11.3 Å². The maximum Gasteiger partial charge on any atom is 0.311 e. The molecule has 132 valence electrons. The van der Waals surface area contributed by atoms with E-state index in [1.54, 1.807) is 12.3 Å². The molecule has 2 aromatic rings. The van der Waals surface area contributed by atoms with E-state index in [9.17, 15) is 9.59 Å².